The SMILES string of the molecule is N#Cc1cn[nH]c1CC(=O)c1csc(Cc2ccccc2)n1. The van der Waals surface area contributed by atoms with Crippen molar-refractivity contribution in [2.45, 2.75) is 12.8 Å². The number of thiazole rings is 1. The van der Waals surface area contributed by atoms with E-state index in [1.54, 1.807) is 5.38 Å². The molecule has 1 aromatic carbocycles. The minimum Gasteiger partial charge on any atom is -0.292 e. The largest absolute Gasteiger partial charge is 0.292 e. The predicted octanol–water partition coefficient (Wildman–Crippen LogP) is 2.75. The van der Waals surface area contributed by atoms with Crippen molar-refractivity contribution in [2.75, 3.05) is 0 Å². The Bertz CT molecular complexity index is 829. The van der Waals surface area contributed by atoms with Gasteiger partial charge in [-0.25, -0.2) is 4.98 Å². The summed E-state index contributed by atoms with van der Waals surface area (Å²) in [5.41, 5.74) is 2.53. The van der Waals surface area contributed by atoms with Gasteiger partial charge in [0, 0.05) is 11.8 Å². The fourth-order valence-corrected chi connectivity index (χ4v) is 2.92. The van der Waals surface area contributed by atoms with Crippen LogP contribution in [0.1, 0.15) is 32.3 Å². The molecule has 0 atom stereocenters. The molecule has 22 heavy (non-hydrogen) atoms. The first-order chi connectivity index (χ1) is 10.8. The van der Waals surface area contributed by atoms with Gasteiger partial charge in [0.25, 0.3) is 0 Å². The van der Waals surface area contributed by atoms with E-state index in [0.717, 1.165) is 10.6 Å². The van der Waals surface area contributed by atoms with Crippen LogP contribution in [-0.4, -0.2) is 21.0 Å². The lowest BCUT2D eigenvalue weighted by atomic mass is 10.1. The van der Waals surface area contributed by atoms with Crippen LogP contribution < -0.4 is 0 Å². The molecule has 108 valence electrons. The van der Waals surface area contributed by atoms with Crippen molar-refractivity contribution in [1.82, 2.24) is 15.2 Å². The van der Waals surface area contributed by atoms with E-state index in [0.29, 0.717) is 23.4 Å². The highest BCUT2D eigenvalue weighted by molar-refractivity contribution is 7.09. The molecule has 0 bridgehead atoms. The Kier molecular flexibility index (Phi) is 4.08. The number of aromatic amines is 1. The number of nitrogens with zero attached hydrogens (tertiary/aromatic N) is 3. The van der Waals surface area contributed by atoms with Gasteiger partial charge in [-0.15, -0.1) is 11.3 Å². The van der Waals surface area contributed by atoms with Crippen LogP contribution in [0.5, 0.6) is 0 Å². The first-order valence-electron chi connectivity index (χ1n) is 6.70. The molecule has 0 saturated carbocycles. The number of benzene rings is 1. The van der Waals surface area contributed by atoms with Gasteiger partial charge in [0.1, 0.15) is 11.8 Å². The van der Waals surface area contributed by atoms with Crippen LogP contribution in [0, 0.1) is 11.3 Å². The molecule has 0 unspecified atom stereocenters. The monoisotopic (exact) mass is 308 g/mol. The van der Waals surface area contributed by atoms with Gasteiger partial charge in [-0.3, -0.25) is 9.89 Å². The predicted molar refractivity (Wildman–Crippen MR) is 82.7 cm³/mol. The number of rotatable bonds is 5. The molecule has 0 aliphatic carbocycles. The molecule has 0 aliphatic rings. The molecule has 5 nitrogen and oxygen atoms in total. The number of ketones is 1. The van der Waals surface area contributed by atoms with Crippen LogP contribution in [0.4, 0.5) is 0 Å². The Morgan fingerprint density at radius 3 is 2.91 bits per heavy atom. The number of carbonyl (C=O) groups is 1. The minimum atomic E-state index is -0.115. The standard InChI is InChI=1S/C16H12N4OS/c17-8-12-9-18-20-13(12)7-15(21)14-10-22-16(19-14)6-11-4-2-1-3-5-11/h1-5,9-10H,6-7H2,(H,18,20). The van der Waals surface area contributed by atoms with Crippen LogP contribution in [0.2, 0.25) is 0 Å². The smallest absolute Gasteiger partial charge is 0.188 e. The number of Topliss-reactive ketones (excluding diaryl/α,β-unsaturated/α-hetero) is 1. The van der Waals surface area contributed by atoms with Gasteiger partial charge in [-0.2, -0.15) is 10.4 Å². The lowest BCUT2D eigenvalue weighted by molar-refractivity contribution is 0.0987. The maximum Gasteiger partial charge on any atom is 0.188 e. The fourth-order valence-electron chi connectivity index (χ4n) is 2.09. The molecular weight excluding hydrogens is 296 g/mol. The molecule has 0 radical (unpaired) electrons. The summed E-state index contributed by atoms with van der Waals surface area (Å²) in [6.45, 7) is 0. The number of H-pyrrole nitrogens is 1. The molecule has 0 aliphatic heterocycles. The summed E-state index contributed by atoms with van der Waals surface area (Å²) < 4.78 is 0. The average Bonchev–Trinajstić information content (AvgIpc) is 3.17. The molecule has 2 heterocycles. The van der Waals surface area contributed by atoms with Crippen molar-refractivity contribution < 1.29 is 4.79 Å². The highest BCUT2D eigenvalue weighted by Crippen LogP contribution is 2.16. The molecule has 0 fully saturated rings. The van der Waals surface area contributed by atoms with Gasteiger partial charge in [0.05, 0.1) is 28.9 Å². The fraction of sp³-hybridized carbons (Fsp3) is 0.125. The molecule has 1 N–H and O–H groups in total. The van der Waals surface area contributed by atoms with Crippen molar-refractivity contribution >= 4 is 17.1 Å². The zero-order chi connectivity index (χ0) is 15.4. The van der Waals surface area contributed by atoms with Gasteiger partial charge in [-0.05, 0) is 5.56 Å². The van der Waals surface area contributed by atoms with Gasteiger partial charge >= 0.3 is 0 Å². The summed E-state index contributed by atoms with van der Waals surface area (Å²) in [5.74, 6) is -0.115. The third-order valence-electron chi connectivity index (χ3n) is 3.21. The maximum absolute atomic E-state index is 12.2. The second-order valence-electron chi connectivity index (χ2n) is 4.76. The zero-order valence-corrected chi connectivity index (χ0v) is 12.4. The third kappa shape index (κ3) is 3.10. The minimum absolute atomic E-state index is 0.109. The first-order valence-corrected chi connectivity index (χ1v) is 7.58. The van der Waals surface area contributed by atoms with E-state index in [9.17, 15) is 4.79 Å². The zero-order valence-electron chi connectivity index (χ0n) is 11.6. The third-order valence-corrected chi connectivity index (χ3v) is 4.06. The molecular formula is C16H12N4OS. The molecule has 0 spiro atoms. The van der Waals surface area contributed by atoms with E-state index >= 15 is 0 Å². The maximum atomic E-state index is 12.2. The molecule has 3 rings (SSSR count). The van der Waals surface area contributed by atoms with E-state index in [2.05, 4.69) is 15.2 Å². The summed E-state index contributed by atoms with van der Waals surface area (Å²) in [5, 5.41) is 18.1. The summed E-state index contributed by atoms with van der Waals surface area (Å²) in [6, 6.07) is 12.0. The second kappa shape index (κ2) is 6.33. The highest BCUT2D eigenvalue weighted by Gasteiger charge is 2.15. The van der Waals surface area contributed by atoms with E-state index in [1.807, 2.05) is 36.4 Å². The van der Waals surface area contributed by atoms with Crippen molar-refractivity contribution in [3.05, 3.63) is 69.4 Å². The van der Waals surface area contributed by atoms with Crippen molar-refractivity contribution in [1.29, 1.82) is 5.26 Å². The number of hydrogen-bond acceptors (Lipinski definition) is 5. The van der Waals surface area contributed by atoms with Gasteiger partial charge in [0.15, 0.2) is 5.78 Å². The van der Waals surface area contributed by atoms with Gasteiger partial charge < -0.3 is 0 Å². The quantitative estimate of drug-likeness (QED) is 0.735. The molecule has 2 aromatic heterocycles. The topological polar surface area (TPSA) is 82.4 Å². The van der Waals surface area contributed by atoms with Gasteiger partial charge in [-0.1, -0.05) is 30.3 Å². The van der Waals surface area contributed by atoms with Gasteiger partial charge in [0.2, 0.25) is 0 Å². The van der Waals surface area contributed by atoms with Crippen LogP contribution in [0.25, 0.3) is 0 Å². The summed E-state index contributed by atoms with van der Waals surface area (Å²) in [7, 11) is 0. The molecule has 3 aromatic rings. The van der Waals surface area contributed by atoms with E-state index in [-0.39, 0.29) is 12.2 Å². The van der Waals surface area contributed by atoms with Crippen LogP contribution in [0.15, 0.2) is 41.9 Å². The normalized spacial score (nSPS) is 10.3. The van der Waals surface area contributed by atoms with Crippen molar-refractivity contribution in [2.24, 2.45) is 0 Å². The molecule has 6 heteroatoms. The Morgan fingerprint density at radius 1 is 1.32 bits per heavy atom. The van der Waals surface area contributed by atoms with Crippen LogP contribution in [0.3, 0.4) is 0 Å². The Balaban J connectivity index is 1.71. The lowest BCUT2D eigenvalue weighted by Crippen LogP contribution is -2.06. The number of hydrogen-bond donors (Lipinski definition) is 1. The lowest BCUT2D eigenvalue weighted by Gasteiger charge is -1.97. The van der Waals surface area contributed by atoms with E-state index < -0.39 is 0 Å². The Morgan fingerprint density at radius 2 is 2.14 bits per heavy atom. The number of aromatic nitrogens is 3. The summed E-state index contributed by atoms with van der Waals surface area (Å²) >= 11 is 1.47. The average molecular weight is 308 g/mol. The Labute approximate surface area is 131 Å². The second-order valence-corrected chi connectivity index (χ2v) is 5.71. The first kappa shape index (κ1) is 14.2. The number of nitrogens with one attached hydrogen (secondary N) is 1. The number of carbonyl (C=O) groups excluding carboxylic acids is 1. The Hall–Kier alpha value is -2.78. The molecule has 0 amide bonds. The highest BCUT2D eigenvalue weighted by atomic mass is 32.1. The van der Waals surface area contributed by atoms with E-state index in [4.69, 9.17) is 5.26 Å². The van der Waals surface area contributed by atoms with Crippen molar-refractivity contribution in [3.63, 3.8) is 0 Å². The van der Waals surface area contributed by atoms with Crippen molar-refractivity contribution in [3.8, 4) is 6.07 Å². The number of nitriles is 1. The van der Waals surface area contributed by atoms with E-state index in [1.165, 1.54) is 17.5 Å². The summed E-state index contributed by atoms with van der Waals surface area (Å²) in [4.78, 5) is 16.6. The summed E-state index contributed by atoms with van der Waals surface area (Å²) in [6.07, 6.45) is 2.24. The molecule has 0 saturated heterocycles. The van der Waals surface area contributed by atoms with Crippen LogP contribution in [-0.2, 0) is 12.8 Å². The van der Waals surface area contributed by atoms with Crippen LogP contribution >= 0.6 is 11.3 Å².